The summed E-state index contributed by atoms with van der Waals surface area (Å²) in [5.41, 5.74) is 5.53. The summed E-state index contributed by atoms with van der Waals surface area (Å²) in [6.07, 6.45) is 1.59. The predicted octanol–water partition coefficient (Wildman–Crippen LogP) is 4.09. The van der Waals surface area contributed by atoms with Crippen LogP contribution in [0, 0.1) is 20.8 Å². The SMILES string of the molecule is Cc1cc(C)c(-c2csc(NC(=O)CCNC(=O)c3ccco3)n2)cc1C. The molecule has 0 aliphatic rings. The summed E-state index contributed by atoms with van der Waals surface area (Å²) in [7, 11) is 0. The van der Waals surface area contributed by atoms with Crippen LogP contribution < -0.4 is 10.6 Å². The zero-order valence-electron chi connectivity index (χ0n) is 15.5. The predicted molar refractivity (Wildman–Crippen MR) is 106 cm³/mol. The van der Waals surface area contributed by atoms with E-state index in [1.807, 2.05) is 5.38 Å². The van der Waals surface area contributed by atoms with Crippen molar-refractivity contribution < 1.29 is 14.0 Å². The van der Waals surface area contributed by atoms with Gasteiger partial charge in [-0.3, -0.25) is 9.59 Å². The molecule has 27 heavy (non-hydrogen) atoms. The second-order valence-electron chi connectivity index (χ2n) is 6.32. The molecular weight excluding hydrogens is 362 g/mol. The molecular formula is C20H21N3O3S. The lowest BCUT2D eigenvalue weighted by Gasteiger charge is -2.07. The number of rotatable bonds is 6. The van der Waals surface area contributed by atoms with Crippen LogP contribution in [0.1, 0.15) is 33.7 Å². The molecule has 0 atom stereocenters. The molecule has 0 aliphatic heterocycles. The summed E-state index contributed by atoms with van der Waals surface area (Å²) in [5.74, 6) is -0.314. The maximum absolute atomic E-state index is 12.1. The van der Waals surface area contributed by atoms with E-state index < -0.39 is 0 Å². The Labute approximate surface area is 161 Å². The molecule has 3 aromatic rings. The van der Waals surface area contributed by atoms with Crippen molar-refractivity contribution in [2.45, 2.75) is 27.2 Å². The monoisotopic (exact) mass is 383 g/mol. The number of aromatic nitrogens is 1. The van der Waals surface area contributed by atoms with E-state index in [-0.39, 0.29) is 30.5 Å². The van der Waals surface area contributed by atoms with Gasteiger partial charge in [0.2, 0.25) is 5.91 Å². The fourth-order valence-electron chi connectivity index (χ4n) is 2.66. The number of thiazole rings is 1. The number of hydrogen-bond donors (Lipinski definition) is 2. The van der Waals surface area contributed by atoms with Gasteiger partial charge < -0.3 is 15.1 Å². The number of anilines is 1. The molecule has 6 nitrogen and oxygen atoms in total. The first-order chi connectivity index (χ1) is 12.9. The van der Waals surface area contributed by atoms with Gasteiger partial charge in [-0.15, -0.1) is 11.3 Å². The van der Waals surface area contributed by atoms with Gasteiger partial charge in [-0.2, -0.15) is 0 Å². The number of carbonyl (C=O) groups is 2. The van der Waals surface area contributed by atoms with Crippen LogP contribution in [0.5, 0.6) is 0 Å². The topological polar surface area (TPSA) is 84.2 Å². The zero-order chi connectivity index (χ0) is 19.4. The van der Waals surface area contributed by atoms with Gasteiger partial charge in [-0.05, 0) is 55.7 Å². The minimum Gasteiger partial charge on any atom is -0.459 e. The second kappa shape index (κ2) is 8.18. The summed E-state index contributed by atoms with van der Waals surface area (Å²) in [5, 5.41) is 7.90. The maximum atomic E-state index is 12.1. The molecule has 3 rings (SSSR count). The minimum absolute atomic E-state index is 0.157. The molecule has 0 saturated heterocycles. The normalized spacial score (nSPS) is 10.6. The van der Waals surface area contributed by atoms with Crippen LogP contribution in [0.15, 0.2) is 40.3 Å². The first-order valence-corrected chi connectivity index (χ1v) is 9.47. The van der Waals surface area contributed by atoms with Gasteiger partial charge >= 0.3 is 0 Å². The number of amides is 2. The largest absolute Gasteiger partial charge is 0.459 e. The molecule has 1 aromatic carbocycles. The van der Waals surface area contributed by atoms with Gasteiger partial charge in [-0.1, -0.05) is 6.07 Å². The average molecular weight is 383 g/mol. The number of carbonyl (C=O) groups excluding carboxylic acids is 2. The van der Waals surface area contributed by atoms with E-state index in [0.717, 1.165) is 16.8 Å². The molecule has 2 N–H and O–H groups in total. The van der Waals surface area contributed by atoms with Crippen LogP contribution in [-0.4, -0.2) is 23.3 Å². The van der Waals surface area contributed by atoms with Gasteiger partial charge in [0.05, 0.1) is 12.0 Å². The highest BCUT2D eigenvalue weighted by Gasteiger charge is 2.12. The van der Waals surface area contributed by atoms with E-state index in [1.54, 1.807) is 12.1 Å². The lowest BCUT2D eigenvalue weighted by molar-refractivity contribution is -0.116. The number of nitrogens with zero attached hydrogens (tertiary/aromatic N) is 1. The van der Waals surface area contributed by atoms with Crippen LogP contribution in [0.25, 0.3) is 11.3 Å². The summed E-state index contributed by atoms with van der Waals surface area (Å²) < 4.78 is 5.00. The maximum Gasteiger partial charge on any atom is 0.286 e. The molecule has 0 spiro atoms. The van der Waals surface area contributed by atoms with Crippen LogP contribution in [0.4, 0.5) is 5.13 Å². The van der Waals surface area contributed by atoms with Crippen molar-refractivity contribution in [2.75, 3.05) is 11.9 Å². The van der Waals surface area contributed by atoms with E-state index in [0.29, 0.717) is 5.13 Å². The molecule has 0 bridgehead atoms. The Balaban J connectivity index is 1.55. The third kappa shape index (κ3) is 4.62. The molecule has 0 unspecified atom stereocenters. The zero-order valence-corrected chi connectivity index (χ0v) is 16.3. The summed E-state index contributed by atoms with van der Waals surface area (Å²) in [6, 6.07) is 7.47. The summed E-state index contributed by atoms with van der Waals surface area (Å²) >= 11 is 1.38. The Morgan fingerprint density at radius 3 is 2.67 bits per heavy atom. The third-order valence-electron chi connectivity index (χ3n) is 4.25. The highest BCUT2D eigenvalue weighted by molar-refractivity contribution is 7.14. The number of furan rings is 1. The van der Waals surface area contributed by atoms with Gasteiger partial charge in [0, 0.05) is 23.9 Å². The Hall–Kier alpha value is -2.93. The van der Waals surface area contributed by atoms with Crippen molar-refractivity contribution in [2.24, 2.45) is 0 Å². The number of benzene rings is 1. The van der Waals surface area contributed by atoms with Crippen LogP contribution in [0.3, 0.4) is 0 Å². The van der Waals surface area contributed by atoms with E-state index >= 15 is 0 Å². The van der Waals surface area contributed by atoms with Crippen LogP contribution in [0.2, 0.25) is 0 Å². The molecule has 2 amide bonds. The van der Waals surface area contributed by atoms with Crippen molar-refractivity contribution in [1.82, 2.24) is 10.3 Å². The molecule has 0 fully saturated rings. The van der Waals surface area contributed by atoms with E-state index in [9.17, 15) is 9.59 Å². The second-order valence-corrected chi connectivity index (χ2v) is 7.18. The average Bonchev–Trinajstić information content (AvgIpc) is 3.30. The lowest BCUT2D eigenvalue weighted by Crippen LogP contribution is -2.27. The van der Waals surface area contributed by atoms with Crippen LogP contribution in [-0.2, 0) is 4.79 Å². The molecule has 0 radical (unpaired) electrons. The molecule has 140 valence electrons. The summed E-state index contributed by atoms with van der Waals surface area (Å²) in [6.45, 7) is 6.44. The molecule has 0 saturated carbocycles. The Morgan fingerprint density at radius 2 is 1.93 bits per heavy atom. The third-order valence-corrected chi connectivity index (χ3v) is 5.01. The first kappa shape index (κ1) is 18.8. The molecule has 7 heteroatoms. The Bertz CT molecular complexity index is 961. The number of nitrogens with one attached hydrogen (secondary N) is 2. The van der Waals surface area contributed by atoms with E-state index in [4.69, 9.17) is 4.42 Å². The Kier molecular flexibility index (Phi) is 5.71. The standard InChI is InChI=1S/C20H21N3O3S/c1-12-9-14(3)15(10-13(12)2)16-11-27-20(22-16)23-18(24)6-7-21-19(25)17-5-4-8-26-17/h4-5,8-11H,6-7H2,1-3H3,(H,21,25)(H,22,23,24). The fraction of sp³-hybridized carbons (Fsp3) is 0.250. The number of aryl methyl sites for hydroxylation is 3. The van der Waals surface area contributed by atoms with Crippen LogP contribution >= 0.6 is 11.3 Å². The Morgan fingerprint density at radius 1 is 1.15 bits per heavy atom. The van der Waals surface area contributed by atoms with Crippen molar-refractivity contribution in [1.29, 1.82) is 0 Å². The minimum atomic E-state index is -0.338. The van der Waals surface area contributed by atoms with Gasteiger partial charge in [0.1, 0.15) is 0 Å². The van der Waals surface area contributed by atoms with Crippen molar-refractivity contribution in [3.05, 3.63) is 58.4 Å². The first-order valence-electron chi connectivity index (χ1n) is 8.59. The highest BCUT2D eigenvalue weighted by atomic mass is 32.1. The number of hydrogen-bond acceptors (Lipinski definition) is 5. The van der Waals surface area contributed by atoms with Crippen molar-refractivity contribution in [3.8, 4) is 11.3 Å². The van der Waals surface area contributed by atoms with E-state index in [2.05, 4.69) is 48.5 Å². The quantitative estimate of drug-likeness (QED) is 0.671. The molecule has 2 heterocycles. The van der Waals surface area contributed by atoms with Gasteiger partial charge in [0.25, 0.3) is 5.91 Å². The van der Waals surface area contributed by atoms with E-state index in [1.165, 1.54) is 28.7 Å². The fourth-order valence-corrected chi connectivity index (χ4v) is 3.38. The lowest BCUT2D eigenvalue weighted by atomic mass is 9.99. The summed E-state index contributed by atoms with van der Waals surface area (Å²) in [4.78, 5) is 28.3. The molecule has 0 aliphatic carbocycles. The van der Waals surface area contributed by atoms with Gasteiger partial charge in [-0.25, -0.2) is 4.98 Å². The smallest absolute Gasteiger partial charge is 0.286 e. The highest BCUT2D eigenvalue weighted by Crippen LogP contribution is 2.29. The molecule has 2 aromatic heterocycles. The van der Waals surface area contributed by atoms with Crippen molar-refractivity contribution >= 4 is 28.3 Å². The van der Waals surface area contributed by atoms with Gasteiger partial charge in [0.15, 0.2) is 10.9 Å². The van der Waals surface area contributed by atoms with Crippen molar-refractivity contribution in [3.63, 3.8) is 0 Å².